The summed E-state index contributed by atoms with van der Waals surface area (Å²) < 4.78 is 5.85. The number of nitrogens with zero attached hydrogens (tertiary/aromatic N) is 1. The number of carboxylic acids is 1. The SMILES string of the molecule is C[C@H]1CCCC[C@H]1OCCNC(=O)CN1CCC[C@@H]1C(=O)O. The van der Waals surface area contributed by atoms with Crippen LogP contribution in [0.1, 0.15) is 45.4 Å². The third kappa shape index (κ3) is 4.95. The molecule has 1 saturated carbocycles. The number of likely N-dealkylation sites (tertiary alicyclic amines) is 1. The van der Waals surface area contributed by atoms with Gasteiger partial charge in [-0.05, 0) is 38.1 Å². The molecule has 6 heteroatoms. The van der Waals surface area contributed by atoms with Gasteiger partial charge in [0.25, 0.3) is 0 Å². The minimum Gasteiger partial charge on any atom is -0.480 e. The zero-order valence-corrected chi connectivity index (χ0v) is 13.4. The second-order valence-corrected chi connectivity index (χ2v) is 6.49. The fourth-order valence-electron chi connectivity index (χ4n) is 3.47. The Morgan fingerprint density at radius 1 is 1.23 bits per heavy atom. The number of hydrogen-bond acceptors (Lipinski definition) is 4. The Morgan fingerprint density at radius 3 is 2.73 bits per heavy atom. The van der Waals surface area contributed by atoms with Crippen LogP contribution >= 0.6 is 0 Å². The molecular weight excluding hydrogens is 284 g/mol. The summed E-state index contributed by atoms with van der Waals surface area (Å²) in [5, 5.41) is 11.9. The maximum absolute atomic E-state index is 11.9. The van der Waals surface area contributed by atoms with Gasteiger partial charge in [0.15, 0.2) is 0 Å². The molecule has 0 spiro atoms. The monoisotopic (exact) mass is 312 g/mol. The lowest BCUT2D eigenvalue weighted by Crippen LogP contribution is -2.43. The first-order valence-electron chi connectivity index (χ1n) is 8.43. The second-order valence-electron chi connectivity index (χ2n) is 6.49. The number of amides is 1. The van der Waals surface area contributed by atoms with Crippen LogP contribution in [0.5, 0.6) is 0 Å². The number of rotatable bonds is 7. The maximum Gasteiger partial charge on any atom is 0.320 e. The van der Waals surface area contributed by atoms with E-state index in [-0.39, 0.29) is 12.5 Å². The van der Waals surface area contributed by atoms with Gasteiger partial charge in [0.2, 0.25) is 5.91 Å². The lowest BCUT2D eigenvalue weighted by Gasteiger charge is -2.28. The first kappa shape index (κ1) is 17.2. The lowest BCUT2D eigenvalue weighted by atomic mass is 9.88. The number of carbonyl (C=O) groups is 2. The van der Waals surface area contributed by atoms with Crippen molar-refractivity contribution in [1.29, 1.82) is 0 Å². The van der Waals surface area contributed by atoms with Crippen LogP contribution in [-0.4, -0.2) is 60.3 Å². The van der Waals surface area contributed by atoms with Crippen LogP contribution in [0.15, 0.2) is 0 Å². The van der Waals surface area contributed by atoms with Crippen LogP contribution in [0.4, 0.5) is 0 Å². The Bertz CT molecular complexity index is 388. The van der Waals surface area contributed by atoms with Crippen molar-refractivity contribution in [2.45, 2.75) is 57.6 Å². The minimum atomic E-state index is -0.833. The maximum atomic E-state index is 11.9. The van der Waals surface area contributed by atoms with Crippen molar-refractivity contribution in [3.63, 3.8) is 0 Å². The molecule has 1 amide bonds. The summed E-state index contributed by atoms with van der Waals surface area (Å²) in [7, 11) is 0. The van der Waals surface area contributed by atoms with E-state index < -0.39 is 12.0 Å². The van der Waals surface area contributed by atoms with E-state index in [0.29, 0.717) is 38.1 Å². The van der Waals surface area contributed by atoms with Crippen LogP contribution in [0.25, 0.3) is 0 Å². The summed E-state index contributed by atoms with van der Waals surface area (Å²) in [5.41, 5.74) is 0. The quantitative estimate of drug-likeness (QED) is 0.692. The zero-order chi connectivity index (χ0) is 15.9. The van der Waals surface area contributed by atoms with Crippen LogP contribution < -0.4 is 5.32 Å². The van der Waals surface area contributed by atoms with Gasteiger partial charge in [-0.2, -0.15) is 0 Å². The van der Waals surface area contributed by atoms with Crippen LogP contribution in [-0.2, 0) is 14.3 Å². The molecule has 0 radical (unpaired) electrons. The van der Waals surface area contributed by atoms with E-state index in [4.69, 9.17) is 9.84 Å². The molecule has 0 aromatic carbocycles. The van der Waals surface area contributed by atoms with E-state index in [9.17, 15) is 9.59 Å². The van der Waals surface area contributed by atoms with Gasteiger partial charge in [-0.1, -0.05) is 19.8 Å². The molecule has 126 valence electrons. The molecule has 1 aliphatic carbocycles. The minimum absolute atomic E-state index is 0.117. The van der Waals surface area contributed by atoms with E-state index >= 15 is 0 Å². The number of nitrogens with one attached hydrogen (secondary N) is 1. The molecule has 0 unspecified atom stereocenters. The molecule has 0 aromatic heterocycles. The van der Waals surface area contributed by atoms with Gasteiger partial charge < -0.3 is 15.2 Å². The van der Waals surface area contributed by atoms with Gasteiger partial charge in [0.1, 0.15) is 6.04 Å². The first-order chi connectivity index (χ1) is 10.6. The number of carbonyl (C=O) groups excluding carboxylic acids is 1. The third-order valence-electron chi connectivity index (χ3n) is 4.78. The molecule has 22 heavy (non-hydrogen) atoms. The molecule has 1 saturated heterocycles. The van der Waals surface area contributed by atoms with Crippen LogP contribution in [0.2, 0.25) is 0 Å². The average molecular weight is 312 g/mol. The first-order valence-corrected chi connectivity index (χ1v) is 8.43. The van der Waals surface area contributed by atoms with Gasteiger partial charge >= 0.3 is 5.97 Å². The summed E-state index contributed by atoms with van der Waals surface area (Å²) in [5.74, 6) is -0.348. The molecule has 2 aliphatic rings. The Hall–Kier alpha value is -1.14. The molecule has 6 nitrogen and oxygen atoms in total. The molecule has 2 N–H and O–H groups in total. The highest BCUT2D eigenvalue weighted by Gasteiger charge is 2.31. The normalized spacial score (nSPS) is 29.4. The van der Waals surface area contributed by atoms with E-state index in [1.807, 2.05) is 0 Å². The van der Waals surface area contributed by atoms with Crippen molar-refractivity contribution in [3.05, 3.63) is 0 Å². The van der Waals surface area contributed by atoms with Crippen molar-refractivity contribution in [1.82, 2.24) is 10.2 Å². The highest BCUT2D eigenvalue weighted by atomic mass is 16.5. The van der Waals surface area contributed by atoms with Gasteiger partial charge in [0.05, 0.1) is 19.3 Å². The highest BCUT2D eigenvalue weighted by Crippen LogP contribution is 2.25. The Labute approximate surface area is 132 Å². The van der Waals surface area contributed by atoms with E-state index in [1.54, 1.807) is 4.90 Å². The number of hydrogen-bond donors (Lipinski definition) is 2. The van der Waals surface area contributed by atoms with Crippen LogP contribution in [0, 0.1) is 5.92 Å². The summed E-state index contributed by atoms with van der Waals surface area (Å²) >= 11 is 0. The highest BCUT2D eigenvalue weighted by molar-refractivity contribution is 5.80. The van der Waals surface area contributed by atoms with Gasteiger partial charge in [0, 0.05) is 6.54 Å². The summed E-state index contributed by atoms with van der Waals surface area (Å²) in [6, 6.07) is -0.509. The van der Waals surface area contributed by atoms with Gasteiger partial charge in [-0.3, -0.25) is 14.5 Å². The Kier molecular flexibility index (Phi) is 6.64. The van der Waals surface area contributed by atoms with Gasteiger partial charge in [-0.15, -0.1) is 0 Å². The van der Waals surface area contributed by atoms with Gasteiger partial charge in [-0.25, -0.2) is 0 Å². The van der Waals surface area contributed by atoms with E-state index in [2.05, 4.69) is 12.2 Å². The molecule has 2 rings (SSSR count). The molecule has 0 aromatic rings. The predicted molar refractivity (Wildman–Crippen MR) is 82.6 cm³/mol. The molecule has 0 bridgehead atoms. The molecule has 1 aliphatic heterocycles. The largest absolute Gasteiger partial charge is 0.480 e. The summed E-state index contributed by atoms with van der Waals surface area (Å²) in [4.78, 5) is 24.7. The lowest BCUT2D eigenvalue weighted by molar-refractivity contribution is -0.142. The smallest absolute Gasteiger partial charge is 0.320 e. The predicted octanol–water partition coefficient (Wildman–Crippen LogP) is 1.25. The van der Waals surface area contributed by atoms with E-state index in [0.717, 1.165) is 12.8 Å². The summed E-state index contributed by atoms with van der Waals surface area (Å²) in [6.45, 7) is 4.09. The number of aliphatic carboxylic acids is 1. The van der Waals surface area contributed by atoms with Crippen molar-refractivity contribution in [3.8, 4) is 0 Å². The third-order valence-corrected chi connectivity index (χ3v) is 4.78. The fourth-order valence-corrected chi connectivity index (χ4v) is 3.47. The molecular formula is C16H28N2O4. The summed E-state index contributed by atoms with van der Waals surface area (Å²) in [6.07, 6.45) is 6.65. The Balaban J connectivity index is 1.60. The number of ether oxygens (including phenoxy) is 1. The topological polar surface area (TPSA) is 78.9 Å². The molecule has 2 fully saturated rings. The number of carboxylic acid groups (broad SMARTS) is 1. The van der Waals surface area contributed by atoms with Crippen LogP contribution in [0.3, 0.4) is 0 Å². The van der Waals surface area contributed by atoms with Crippen molar-refractivity contribution in [2.24, 2.45) is 5.92 Å². The Morgan fingerprint density at radius 2 is 2.00 bits per heavy atom. The standard InChI is InChI=1S/C16H28N2O4/c1-12-5-2-3-7-14(12)22-10-8-17-15(19)11-18-9-4-6-13(18)16(20)21/h12-14H,2-11H2,1H3,(H,17,19)(H,20,21)/t12-,13+,14+/m0/s1. The average Bonchev–Trinajstić information content (AvgIpc) is 2.93. The van der Waals surface area contributed by atoms with Crippen molar-refractivity contribution in [2.75, 3.05) is 26.2 Å². The molecule has 1 heterocycles. The van der Waals surface area contributed by atoms with Crippen molar-refractivity contribution < 1.29 is 19.4 Å². The molecule has 3 atom stereocenters. The van der Waals surface area contributed by atoms with E-state index in [1.165, 1.54) is 19.3 Å². The fraction of sp³-hybridized carbons (Fsp3) is 0.875. The second kappa shape index (κ2) is 8.48. The zero-order valence-electron chi connectivity index (χ0n) is 13.4. The van der Waals surface area contributed by atoms with Crippen molar-refractivity contribution >= 4 is 11.9 Å².